The second-order valence-corrected chi connectivity index (χ2v) is 11.8. The van der Waals surface area contributed by atoms with Crippen LogP contribution in [0.3, 0.4) is 0 Å². The SMILES string of the molecule is Cc1csc([C@@]2(CN)[C@@H]3CCN(c4cnc5c(-c6ccc(OS(=O)(=O)F)c7ncccc67)[nH]nc5n4)C[C@@H]32)n1. The first-order chi connectivity index (χ1) is 18.8. The molecule has 14 heteroatoms. The largest absolute Gasteiger partial charge is 0.488 e. The molecule has 3 N–H and O–H groups in total. The number of aryl methyl sites for hydroxylation is 1. The van der Waals surface area contributed by atoms with Crippen molar-refractivity contribution in [3.05, 3.63) is 52.7 Å². The van der Waals surface area contributed by atoms with Crippen LogP contribution < -0.4 is 14.8 Å². The molecule has 1 aromatic carbocycles. The topological polar surface area (TPSA) is 153 Å². The Hall–Kier alpha value is -3.75. The molecule has 200 valence electrons. The first-order valence-corrected chi connectivity index (χ1v) is 14.6. The monoisotopic (exact) mass is 566 g/mol. The number of H-pyrrole nitrogens is 1. The molecule has 3 atom stereocenters. The maximum absolute atomic E-state index is 13.2. The Morgan fingerprint density at radius 2 is 2.10 bits per heavy atom. The maximum atomic E-state index is 13.2. The lowest BCUT2D eigenvalue weighted by Gasteiger charge is -2.26. The van der Waals surface area contributed by atoms with Crippen molar-refractivity contribution in [2.45, 2.75) is 18.8 Å². The fraction of sp³-hybridized carbons (Fsp3) is 0.320. The molecule has 39 heavy (non-hydrogen) atoms. The maximum Gasteiger partial charge on any atom is 0.488 e. The van der Waals surface area contributed by atoms with Crippen molar-refractivity contribution in [3.8, 4) is 17.0 Å². The Bertz CT molecular complexity index is 1860. The van der Waals surface area contributed by atoms with Gasteiger partial charge in [0.15, 0.2) is 5.75 Å². The second kappa shape index (κ2) is 8.63. The fourth-order valence-corrected chi connectivity index (χ4v) is 7.61. The van der Waals surface area contributed by atoms with E-state index in [1.165, 1.54) is 12.3 Å². The summed E-state index contributed by atoms with van der Waals surface area (Å²) in [6.45, 7) is 4.27. The van der Waals surface area contributed by atoms with Gasteiger partial charge in [0.05, 0.1) is 11.9 Å². The van der Waals surface area contributed by atoms with Gasteiger partial charge in [-0.1, -0.05) is 9.95 Å². The van der Waals surface area contributed by atoms with Gasteiger partial charge in [-0.25, -0.2) is 15.0 Å². The van der Waals surface area contributed by atoms with Crippen LogP contribution >= 0.6 is 11.3 Å². The molecule has 1 saturated carbocycles. The number of nitrogens with two attached hydrogens (primary N) is 1. The minimum Gasteiger partial charge on any atom is -0.356 e. The average molecular weight is 567 g/mol. The van der Waals surface area contributed by atoms with Crippen molar-refractivity contribution >= 4 is 49.7 Å². The van der Waals surface area contributed by atoms with Gasteiger partial charge in [0, 0.05) is 53.3 Å². The number of hydrogen-bond donors (Lipinski definition) is 2. The standard InChI is InChI=1S/C25H23FN8O3S2/c1-13-11-38-24(30-13)25(12-27)16-6-8-34(10-17(16)25)19-9-29-22-21(32-33-23(22)31-19)15-4-5-18(37-39(26,35)36)20-14(15)3-2-7-28-20/h2-5,7,9,11,16-17H,6,8,10,12,27H2,1H3,(H,31,32,33)/t16-,17+,25+/m1/s1. The van der Waals surface area contributed by atoms with Crippen LogP contribution in [0.15, 0.2) is 42.0 Å². The summed E-state index contributed by atoms with van der Waals surface area (Å²) in [6.07, 6.45) is 4.22. The lowest BCUT2D eigenvalue weighted by atomic mass is 10.0. The fourth-order valence-electron chi connectivity index (χ4n) is 6.13. The number of thiazole rings is 1. The molecule has 2 fully saturated rings. The van der Waals surface area contributed by atoms with Crippen LogP contribution in [-0.4, -0.2) is 58.2 Å². The van der Waals surface area contributed by atoms with Crippen molar-refractivity contribution in [1.82, 2.24) is 30.1 Å². The third-order valence-electron chi connectivity index (χ3n) is 7.95. The Kier molecular flexibility index (Phi) is 5.38. The summed E-state index contributed by atoms with van der Waals surface area (Å²) < 4.78 is 39.9. The summed E-state index contributed by atoms with van der Waals surface area (Å²) in [5.41, 5.74) is 9.70. The normalized spacial score (nSPS) is 22.8. The van der Waals surface area contributed by atoms with E-state index in [0.29, 0.717) is 46.2 Å². The van der Waals surface area contributed by atoms with Gasteiger partial charge in [-0.15, -0.1) is 11.3 Å². The number of nitrogens with one attached hydrogen (secondary N) is 1. The van der Waals surface area contributed by atoms with Crippen LogP contribution in [0.1, 0.15) is 17.1 Å². The molecule has 1 aliphatic carbocycles. The van der Waals surface area contributed by atoms with E-state index in [2.05, 4.69) is 29.6 Å². The summed E-state index contributed by atoms with van der Waals surface area (Å²) in [6, 6.07) is 6.39. The molecule has 5 heterocycles. The predicted molar refractivity (Wildman–Crippen MR) is 144 cm³/mol. The summed E-state index contributed by atoms with van der Waals surface area (Å²) in [4.78, 5) is 20.7. The average Bonchev–Trinajstić information content (AvgIpc) is 3.15. The van der Waals surface area contributed by atoms with Gasteiger partial charge in [-0.2, -0.15) is 13.5 Å². The third-order valence-corrected chi connectivity index (χ3v) is 9.48. The van der Waals surface area contributed by atoms with Crippen LogP contribution in [0.4, 0.5) is 9.70 Å². The smallest absolute Gasteiger partial charge is 0.356 e. The number of fused-ring (bicyclic) bond motifs is 3. The zero-order valence-electron chi connectivity index (χ0n) is 20.7. The predicted octanol–water partition coefficient (Wildman–Crippen LogP) is 3.28. The highest BCUT2D eigenvalue weighted by atomic mass is 32.3. The Balaban J connectivity index is 1.20. The minimum atomic E-state index is -5.21. The van der Waals surface area contributed by atoms with E-state index in [1.54, 1.807) is 35.7 Å². The Morgan fingerprint density at radius 1 is 1.23 bits per heavy atom. The molecule has 1 aliphatic heterocycles. The number of nitrogens with zero attached hydrogens (tertiary/aromatic N) is 6. The molecule has 4 aromatic heterocycles. The number of hydrogen-bond acceptors (Lipinski definition) is 11. The highest BCUT2D eigenvalue weighted by Gasteiger charge is 2.67. The van der Waals surface area contributed by atoms with Gasteiger partial charge in [0.25, 0.3) is 0 Å². The van der Waals surface area contributed by atoms with E-state index in [9.17, 15) is 12.3 Å². The molecule has 0 amide bonds. The molecular weight excluding hydrogens is 543 g/mol. The van der Waals surface area contributed by atoms with Crippen LogP contribution in [0.5, 0.6) is 5.75 Å². The summed E-state index contributed by atoms with van der Waals surface area (Å²) >= 11 is 1.70. The van der Waals surface area contributed by atoms with E-state index in [1.807, 2.05) is 6.92 Å². The van der Waals surface area contributed by atoms with Gasteiger partial charge in [-0.05, 0) is 43.4 Å². The number of benzene rings is 1. The van der Waals surface area contributed by atoms with E-state index in [0.717, 1.165) is 36.0 Å². The van der Waals surface area contributed by atoms with Crippen molar-refractivity contribution in [2.75, 3.05) is 24.5 Å². The molecule has 5 aromatic rings. The summed E-state index contributed by atoms with van der Waals surface area (Å²) in [5, 5.41) is 11.2. The van der Waals surface area contributed by atoms with Gasteiger partial charge < -0.3 is 14.8 Å². The lowest BCUT2D eigenvalue weighted by Crippen LogP contribution is -2.32. The second-order valence-electron chi connectivity index (χ2n) is 9.97. The Labute approximate surface area is 226 Å². The van der Waals surface area contributed by atoms with E-state index >= 15 is 0 Å². The third kappa shape index (κ3) is 3.85. The lowest BCUT2D eigenvalue weighted by molar-refractivity contribution is 0.442. The highest BCUT2D eigenvalue weighted by Crippen LogP contribution is 2.63. The van der Waals surface area contributed by atoms with E-state index in [-0.39, 0.29) is 16.7 Å². The summed E-state index contributed by atoms with van der Waals surface area (Å²) in [5.74, 6) is 1.48. The quantitative estimate of drug-likeness (QED) is 0.293. The van der Waals surface area contributed by atoms with E-state index < -0.39 is 10.5 Å². The first-order valence-electron chi connectivity index (χ1n) is 12.4. The summed E-state index contributed by atoms with van der Waals surface area (Å²) in [7, 11) is -5.21. The molecule has 11 nitrogen and oxygen atoms in total. The molecule has 0 bridgehead atoms. The molecule has 1 saturated heterocycles. The van der Waals surface area contributed by atoms with Crippen molar-refractivity contribution < 1.29 is 16.5 Å². The van der Waals surface area contributed by atoms with Crippen LogP contribution in [-0.2, 0) is 15.9 Å². The molecule has 0 spiro atoms. The molecule has 0 radical (unpaired) electrons. The first kappa shape index (κ1) is 24.3. The van der Waals surface area contributed by atoms with Gasteiger partial charge in [-0.3, -0.25) is 10.1 Å². The number of anilines is 1. The molecular formula is C25H23FN8O3S2. The zero-order valence-corrected chi connectivity index (χ0v) is 22.3. The highest BCUT2D eigenvalue weighted by molar-refractivity contribution is 7.81. The van der Waals surface area contributed by atoms with Crippen molar-refractivity contribution in [1.29, 1.82) is 0 Å². The molecule has 7 rings (SSSR count). The minimum absolute atomic E-state index is 0.0584. The van der Waals surface area contributed by atoms with E-state index in [4.69, 9.17) is 20.7 Å². The number of pyridine rings is 1. The number of aromatic nitrogens is 6. The Morgan fingerprint density at radius 3 is 2.87 bits per heavy atom. The number of aromatic amines is 1. The van der Waals surface area contributed by atoms with Gasteiger partial charge in [0.1, 0.15) is 21.9 Å². The van der Waals surface area contributed by atoms with Crippen LogP contribution in [0.2, 0.25) is 0 Å². The number of rotatable bonds is 6. The van der Waals surface area contributed by atoms with Crippen molar-refractivity contribution in [3.63, 3.8) is 0 Å². The zero-order chi connectivity index (χ0) is 26.9. The van der Waals surface area contributed by atoms with Crippen LogP contribution in [0.25, 0.3) is 33.3 Å². The number of halogens is 1. The molecule has 2 aliphatic rings. The van der Waals surface area contributed by atoms with Crippen LogP contribution in [0, 0.1) is 18.8 Å². The molecule has 0 unspecified atom stereocenters. The van der Waals surface area contributed by atoms with Gasteiger partial charge in [0.2, 0.25) is 5.65 Å². The number of piperidine rings is 1. The van der Waals surface area contributed by atoms with Crippen molar-refractivity contribution in [2.24, 2.45) is 17.6 Å². The van der Waals surface area contributed by atoms with Gasteiger partial charge >= 0.3 is 10.5 Å².